The minimum atomic E-state index is -0.536. The van der Waals surface area contributed by atoms with Gasteiger partial charge in [0.1, 0.15) is 0 Å². The van der Waals surface area contributed by atoms with Crippen LogP contribution in [-0.2, 0) is 0 Å². The monoisotopic (exact) mass is 171 g/mol. The molecule has 0 radical (unpaired) electrons. The summed E-state index contributed by atoms with van der Waals surface area (Å²) in [6, 6.07) is 0. The first kappa shape index (κ1) is 10.0. The minimum absolute atomic E-state index is 0.356. The first-order valence-corrected chi connectivity index (χ1v) is 4.71. The van der Waals surface area contributed by atoms with Gasteiger partial charge in [0.15, 0.2) is 0 Å². The van der Waals surface area contributed by atoms with E-state index in [-0.39, 0.29) is 0 Å². The van der Waals surface area contributed by atoms with Crippen molar-refractivity contribution in [2.45, 2.75) is 39.7 Å². The van der Waals surface area contributed by atoms with Gasteiger partial charge in [0, 0.05) is 0 Å². The maximum absolute atomic E-state index is 9.63. The average Bonchev–Trinajstić information content (AvgIpc) is 2.30. The molecule has 1 fully saturated rings. The van der Waals surface area contributed by atoms with E-state index in [0.29, 0.717) is 17.3 Å². The summed E-state index contributed by atoms with van der Waals surface area (Å²) in [5.74, 6) is 1.23. The fourth-order valence-electron chi connectivity index (χ4n) is 2.27. The Morgan fingerprint density at radius 1 is 1.33 bits per heavy atom. The molecule has 2 nitrogen and oxygen atoms in total. The van der Waals surface area contributed by atoms with Crippen LogP contribution in [0.25, 0.3) is 0 Å². The maximum atomic E-state index is 9.63. The summed E-state index contributed by atoms with van der Waals surface area (Å²) in [7, 11) is 0. The van der Waals surface area contributed by atoms with Crippen molar-refractivity contribution in [3.05, 3.63) is 0 Å². The molecule has 0 amide bonds. The Bertz CT molecular complexity index is 169. The third-order valence-electron chi connectivity index (χ3n) is 3.26. The molecule has 0 aromatic rings. The van der Waals surface area contributed by atoms with Gasteiger partial charge >= 0.3 is 0 Å². The Labute approximate surface area is 75.2 Å². The molecule has 3 N–H and O–H groups in total. The molecule has 0 aliphatic heterocycles. The van der Waals surface area contributed by atoms with Crippen molar-refractivity contribution in [2.24, 2.45) is 23.0 Å². The molecule has 0 aromatic heterocycles. The molecule has 1 saturated carbocycles. The summed E-state index contributed by atoms with van der Waals surface area (Å²) >= 11 is 0. The lowest BCUT2D eigenvalue weighted by atomic mass is 9.97. The predicted molar refractivity (Wildman–Crippen MR) is 50.7 cm³/mol. The minimum Gasteiger partial charge on any atom is -0.390 e. The van der Waals surface area contributed by atoms with E-state index in [1.165, 1.54) is 0 Å². The van der Waals surface area contributed by atoms with Crippen LogP contribution in [0.15, 0.2) is 0 Å². The van der Waals surface area contributed by atoms with Crippen molar-refractivity contribution < 1.29 is 5.11 Å². The molecular weight excluding hydrogens is 150 g/mol. The second-order valence-corrected chi connectivity index (χ2v) is 5.29. The molecule has 1 rings (SSSR count). The van der Waals surface area contributed by atoms with Gasteiger partial charge in [-0.25, -0.2) is 0 Å². The molecule has 1 aliphatic rings. The molecule has 0 heterocycles. The molecule has 0 bridgehead atoms. The van der Waals surface area contributed by atoms with E-state index >= 15 is 0 Å². The molecule has 12 heavy (non-hydrogen) atoms. The van der Waals surface area contributed by atoms with Crippen LogP contribution in [0, 0.1) is 17.3 Å². The van der Waals surface area contributed by atoms with Gasteiger partial charge < -0.3 is 10.8 Å². The third-order valence-corrected chi connectivity index (χ3v) is 3.26. The highest BCUT2D eigenvalue weighted by atomic mass is 16.3. The van der Waals surface area contributed by atoms with Crippen LogP contribution in [0.5, 0.6) is 0 Å². The van der Waals surface area contributed by atoms with Gasteiger partial charge in [0.25, 0.3) is 0 Å². The predicted octanol–water partition coefficient (Wildman–Crippen LogP) is 1.38. The van der Waals surface area contributed by atoms with Gasteiger partial charge in [-0.3, -0.25) is 0 Å². The fourth-order valence-corrected chi connectivity index (χ4v) is 2.27. The summed E-state index contributed by atoms with van der Waals surface area (Å²) < 4.78 is 0. The average molecular weight is 171 g/mol. The standard InChI is InChI=1S/C10H21NO/c1-9(2,12)5-7-8(6-11)10(7,3)4/h7-8,12H,5-6,11H2,1-4H3/t7-,8+/m0/s1. The summed E-state index contributed by atoms with van der Waals surface area (Å²) in [5, 5.41) is 9.63. The Hall–Kier alpha value is -0.0800. The molecule has 2 atom stereocenters. The SMILES string of the molecule is CC(C)(O)C[C@H]1[C@@H](CN)C1(C)C. The van der Waals surface area contributed by atoms with Crippen molar-refractivity contribution in [1.29, 1.82) is 0 Å². The molecule has 2 heteroatoms. The van der Waals surface area contributed by atoms with Crippen LogP contribution in [0.4, 0.5) is 0 Å². The highest BCUT2D eigenvalue weighted by molar-refractivity contribution is 5.06. The van der Waals surface area contributed by atoms with Crippen LogP contribution in [0.1, 0.15) is 34.1 Å². The van der Waals surface area contributed by atoms with Gasteiger partial charge in [-0.1, -0.05) is 13.8 Å². The third kappa shape index (κ3) is 1.80. The second kappa shape index (κ2) is 2.71. The lowest BCUT2D eigenvalue weighted by molar-refractivity contribution is 0.0603. The summed E-state index contributed by atoms with van der Waals surface area (Å²) in [4.78, 5) is 0. The van der Waals surface area contributed by atoms with Crippen molar-refractivity contribution in [3.8, 4) is 0 Å². The first-order chi connectivity index (χ1) is 5.29. The Kier molecular flexibility index (Phi) is 2.26. The number of rotatable bonds is 3. The Morgan fingerprint density at radius 3 is 2.08 bits per heavy atom. The lowest BCUT2D eigenvalue weighted by Gasteiger charge is -2.17. The van der Waals surface area contributed by atoms with Crippen LogP contribution in [0.2, 0.25) is 0 Å². The highest BCUT2D eigenvalue weighted by Gasteiger charge is 2.57. The van der Waals surface area contributed by atoms with Gasteiger partial charge in [0.05, 0.1) is 5.60 Å². The van der Waals surface area contributed by atoms with Crippen molar-refractivity contribution >= 4 is 0 Å². The summed E-state index contributed by atoms with van der Waals surface area (Å²) in [5.41, 5.74) is 5.46. The zero-order chi connectivity index (χ0) is 9.57. The van der Waals surface area contributed by atoms with Crippen LogP contribution in [-0.4, -0.2) is 17.3 Å². The van der Waals surface area contributed by atoms with Gasteiger partial charge in [-0.15, -0.1) is 0 Å². The normalized spacial score (nSPS) is 33.5. The van der Waals surface area contributed by atoms with Crippen molar-refractivity contribution in [1.82, 2.24) is 0 Å². The molecule has 72 valence electrons. The summed E-state index contributed by atoms with van der Waals surface area (Å²) in [6.45, 7) is 8.97. The first-order valence-electron chi connectivity index (χ1n) is 4.71. The van der Waals surface area contributed by atoms with Crippen LogP contribution >= 0.6 is 0 Å². The molecule has 0 unspecified atom stereocenters. The highest BCUT2D eigenvalue weighted by Crippen LogP contribution is 2.60. The van der Waals surface area contributed by atoms with Crippen molar-refractivity contribution in [3.63, 3.8) is 0 Å². The molecule has 0 saturated heterocycles. The topological polar surface area (TPSA) is 46.2 Å². The summed E-state index contributed by atoms with van der Waals surface area (Å²) in [6.07, 6.45) is 0.877. The van der Waals surface area contributed by atoms with E-state index in [9.17, 15) is 5.11 Å². The van der Waals surface area contributed by atoms with E-state index in [0.717, 1.165) is 13.0 Å². The van der Waals surface area contributed by atoms with Crippen LogP contribution in [0.3, 0.4) is 0 Å². The van der Waals surface area contributed by atoms with E-state index in [4.69, 9.17) is 5.73 Å². The zero-order valence-electron chi connectivity index (χ0n) is 8.59. The molecule has 1 aliphatic carbocycles. The van der Waals surface area contributed by atoms with Crippen LogP contribution < -0.4 is 5.73 Å². The van der Waals surface area contributed by atoms with E-state index < -0.39 is 5.60 Å². The van der Waals surface area contributed by atoms with Gasteiger partial charge in [-0.05, 0) is 44.1 Å². The fraction of sp³-hybridized carbons (Fsp3) is 1.00. The number of nitrogens with two attached hydrogens (primary N) is 1. The van der Waals surface area contributed by atoms with Gasteiger partial charge in [-0.2, -0.15) is 0 Å². The quantitative estimate of drug-likeness (QED) is 0.674. The van der Waals surface area contributed by atoms with Gasteiger partial charge in [0.2, 0.25) is 0 Å². The zero-order valence-corrected chi connectivity index (χ0v) is 8.59. The maximum Gasteiger partial charge on any atom is 0.0594 e. The Balaban J connectivity index is 2.48. The number of aliphatic hydroxyl groups is 1. The molecule has 0 aromatic carbocycles. The number of hydrogen-bond donors (Lipinski definition) is 2. The lowest BCUT2D eigenvalue weighted by Crippen LogP contribution is -2.20. The largest absolute Gasteiger partial charge is 0.390 e. The van der Waals surface area contributed by atoms with E-state index in [1.54, 1.807) is 0 Å². The second-order valence-electron chi connectivity index (χ2n) is 5.29. The Morgan fingerprint density at radius 2 is 1.83 bits per heavy atom. The number of hydrogen-bond acceptors (Lipinski definition) is 2. The van der Waals surface area contributed by atoms with E-state index in [1.807, 2.05) is 13.8 Å². The molecular formula is C10H21NO. The molecule has 0 spiro atoms. The van der Waals surface area contributed by atoms with E-state index in [2.05, 4.69) is 13.8 Å². The smallest absolute Gasteiger partial charge is 0.0594 e. The van der Waals surface area contributed by atoms with Crippen molar-refractivity contribution in [2.75, 3.05) is 6.54 Å².